The van der Waals surface area contributed by atoms with Crippen LogP contribution in [0.25, 0.3) is 0 Å². The molecule has 0 aromatic heterocycles. The molecule has 1 N–H and O–H groups in total. The fourth-order valence-electron chi connectivity index (χ4n) is 1.18. The molecule has 0 unspecified atom stereocenters. The fraction of sp³-hybridized carbons (Fsp3) is 0.818. The minimum absolute atomic E-state index is 0.0357. The quantitative estimate of drug-likeness (QED) is 0.349. The molecular weight excluding hydrogens is 254 g/mol. The lowest BCUT2D eigenvalue weighted by Gasteiger charge is -2.22. The highest BCUT2D eigenvalue weighted by Crippen LogP contribution is 2.07. The van der Waals surface area contributed by atoms with Crippen molar-refractivity contribution in [2.75, 3.05) is 20.7 Å². The van der Waals surface area contributed by atoms with Crippen LogP contribution in [-0.4, -0.2) is 49.3 Å². The average Bonchev–Trinajstić information content (AvgIpc) is 2.30. The molecule has 0 rings (SSSR count). The fourth-order valence-corrected chi connectivity index (χ4v) is 1.18. The summed E-state index contributed by atoms with van der Waals surface area (Å²) >= 11 is 0. The average molecular weight is 275 g/mol. The molecule has 1 atom stereocenters. The molecule has 0 saturated carbocycles. The number of hydroxylamine groups is 1. The van der Waals surface area contributed by atoms with Crippen LogP contribution in [0.5, 0.6) is 0 Å². The molecular formula is C11H21N3O5. The zero-order valence-corrected chi connectivity index (χ0v) is 11.9. The van der Waals surface area contributed by atoms with Crippen LogP contribution in [0, 0.1) is 5.21 Å². The Balaban J connectivity index is 4.52. The van der Waals surface area contributed by atoms with Crippen molar-refractivity contribution < 1.29 is 23.9 Å². The third kappa shape index (κ3) is 7.96. The molecule has 0 spiro atoms. The van der Waals surface area contributed by atoms with Crippen molar-refractivity contribution in [1.82, 2.24) is 5.32 Å². The van der Waals surface area contributed by atoms with Crippen molar-refractivity contribution in [2.45, 2.75) is 38.8 Å². The molecule has 0 aromatic rings. The van der Waals surface area contributed by atoms with Crippen LogP contribution in [0.2, 0.25) is 0 Å². The lowest BCUT2D eigenvalue weighted by atomic mass is 10.2. The number of carbonyl (C=O) groups is 2. The number of methoxy groups -OCH3 is 1. The second-order valence-corrected chi connectivity index (χ2v) is 4.79. The number of alkyl carbamates (subject to hydrolysis) is 1. The topological polar surface area (TPSA) is 103 Å². The summed E-state index contributed by atoms with van der Waals surface area (Å²) in [5.41, 5.74) is -0.673. The predicted molar refractivity (Wildman–Crippen MR) is 66.6 cm³/mol. The number of nitrogens with zero attached hydrogens (tertiary/aromatic N) is 2. The molecule has 0 bridgehead atoms. The first-order valence-electron chi connectivity index (χ1n) is 5.81. The molecule has 0 aliphatic heterocycles. The molecule has 0 aliphatic carbocycles. The molecule has 1 amide bonds. The van der Waals surface area contributed by atoms with E-state index in [1.165, 1.54) is 14.2 Å². The molecule has 0 aliphatic rings. The smallest absolute Gasteiger partial charge is 0.408 e. The monoisotopic (exact) mass is 275 g/mol. The van der Waals surface area contributed by atoms with E-state index >= 15 is 0 Å². The summed E-state index contributed by atoms with van der Waals surface area (Å²) in [6, 6.07) is -0.946. The van der Waals surface area contributed by atoms with Gasteiger partial charge in [0.15, 0.2) is 6.54 Å². The van der Waals surface area contributed by atoms with Crippen LogP contribution in [0.15, 0.2) is 5.11 Å². The first-order valence-corrected chi connectivity index (χ1v) is 5.81. The van der Waals surface area contributed by atoms with E-state index in [1.807, 2.05) is 0 Å². The van der Waals surface area contributed by atoms with Crippen molar-refractivity contribution in [3.63, 3.8) is 0 Å². The number of rotatable bonds is 5. The van der Waals surface area contributed by atoms with Gasteiger partial charge < -0.3 is 20.0 Å². The summed E-state index contributed by atoms with van der Waals surface area (Å²) < 4.78 is 9.57. The van der Waals surface area contributed by atoms with E-state index in [9.17, 15) is 14.8 Å². The first-order chi connectivity index (χ1) is 8.69. The number of esters is 1. The van der Waals surface area contributed by atoms with E-state index in [0.717, 1.165) is 0 Å². The van der Waals surface area contributed by atoms with Crippen LogP contribution in [0.3, 0.4) is 0 Å². The Labute approximate surface area is 112 Å². The minimum atomic E-state index is -0.946. The molecule has 0 heterocycles. The maximum atomic E-state index is 11.5. The highest BCUT2D eigenvalue weighted by atomic mass is 16.6. The number of nitrogens with one attached hydrogen (secondary N) is 1. The van der Waals surface area contributed by atoms with E-state index in [1.54, 1.807) is 20.8 Å². The maximum absolute atomic E-state index is 11.5. The van der Waals surface area contributed by atoms with E-state index < -0.39 is 23.7 Å². The predicted octanol–water partition coefficient (Wildman–Crippen LogP) is 1.04. The van der Waals surface area contributed by atoms with Crippen molar-refractivity contribution in [1.29, 1.82) is 0 Å². The van der Waals surface area contributed by atoms with Crippen molar-refractivity contribution >= 4 is 12.1 Å². The Morgan fingerprint density at radius 1 is 1.42 bits per heavy atom. The van der Waals surface area contributed by atoms with Crippen LogP contribution in [0.1, 0.15) is 27.2 Å². The van der Waals surface area contributed by atoms with E-state index in [2.05, 4.69) is 15.2 Å². The third-order valence-electron chi connectivity index (χ3n) is 2.01. The molecule has 0 radical (unpaired) electrons. The normalized spacial score (nSPS) is 13.6. The van der Waals surface area contributed by atoms with Crippen molar-refractivity contribution in [2.24, 2.45) is 5.11 Å². The molecule has 0 saturated heterocycles. The SMILES string of the molecule is CN=[N+]([O-])CC[C@H](NC(=O)OC(C)(C)C)C(=O)OC. The summed E-state index contributed by atoms with van der Waals surface area (Å²) in [7, 11) is 2.53. The molecule has 0 fully saturated rings. The standard InChI is InChI=1S/C11H21N3O5/c1-11(2,3)19-10(16)13-8(9(15)18-5)6-7-14(17)12-4/h8H,6-7H2,1-5H3,(H,13,16)/t8-/m0/s1. The van der Waals surface area contributed by atoms with Gasteiger partial charge in [-0.15, -0.1) is 0 Å². The van der Waals surface area contributed by atoms with Gasteiger partial charge in [0.1, 0.15) is 11.6 Å². The lowest BCUT2D eigenvalue weighted by molar-refractivity contribution is -0.529. The van der Waals surface area contributed by atoms with Gasteiger partial charge in [0, 0.05) is 6.42 Å². The largest absolute Gasteiger partial charge is 0.600 e. The Bertz CT molecular complexity index is 349. The van der Waals surface area contributed by atoms with E-state index in [4.69, 9.17) is 4.74 Å². The van der Waals surface area contributed by atoms with Gasteiger partial charge in [0.05, 0.1) is 14.2 Å². The molecule has 0 aromatic carbocycles. The van der Waals surface area contributed by atoms with E-state index in [0.29, 0.717) is 4.86 Å². The number of amides is 1. The highest BCUT2D eigenvalue weighted by molar-refractivity contribution is 5.81. The maximum Gasteiger partial charge on any atom is 0.408 e. The zero-order valence-electron chi connectivity index (χ0n) is 11.9. The summed E-state index contributed by atoms with van der Waals surface area (Å²) in [4.78, 5) is 23.4. The number of ether oxygens (including phenoxy) is 2. The van der Waals surface area contributed by atoms with Gasteiger partial charge in [-0.3, -0.25) is 0 Å². The van der Waals surface area contributed by atoms with Gasteiger partial charge in [-0.1, -0.05) is 4.86 Å². The van der Waals surface area contributed by atoms with Gasteiger partial charge in [0.2, 0.25) is 0 Å². The molecule has 110 valence electrons. The lowest BCUT2D eigenvalue weighted by Crippen LogP contribution is -2.44. The second-order valence-electron chi connectivity index (χ2n) is 4.79. The van der Waals surface area contributed by atoms with Gasteiger partial charge in [-0.25, -0.2) is 9.59 Å². The van der Waals surface area contributed by atoms with E-state index in [-0.39, 0.29) is 13.0 Å². The van der Waals surface area contributed by atoms with Crippen molar-refractivity contribution in [3.8, 4) is 0 Å². The Morgan fingerprint density at radius 2 is 2.00 bits per heavy atom. The van der Waals surface area contributed by atoms with Gasteiger partial charge in [-0.2, -0.15) is 0 Å². The number of azo groups is 1. The first kappa shape index (κ1) is 17.1. The van der Waals surface area contributed by atoms with Crippen LogP contribution in [0.4, 0.5) is 4.79 Å². The number of hydrogen-bond donors (Lipinski definition) is 1. The summed E-state index contributed by atoms with van der Waals surface area (Å²) in [6.45, 7) is 5.07. The number of hydrogen-bond acceptors (Lipinski definition) is 6. The van der Waals surface area contributed by atoms with Crippen molar-refractivity contribution in [3.05, 3.63) is 5.21 Å². The second kappa shape index (κ2) is 7.55. The Morgan fingerprint density at radius 3 is 2.42 bits per heavy atom. The summed E-state index contributed by atoms with van der Waals surface area (Å²) in [5, 5.41) is 16.7. The molecule has 19 heavy (non-hydrogen) atoms. The minimum Gasteiger partial charge on any atom is -0.600 e. The van der Waals surface area contributed by atoms with Gasteiger partial charge in [-0.05, 0) is 25.9 Å². The summed E-state index contributed by atoms with van der Waals surface area (Å²) in [6.07, 6.45) is -0.666. The van der Waals surface area contributed by atoms with Gasteiger partial charge in [0.25, 0.3) is 0 Å². The van der Waals surface area contributed by atoms with Crippen LogP contribution < -0.4 is 5.32 Å². The molecule has 8 heteroatoms. The van der Waals surface area contributed by atoms with Gasteiger partial charge >= 0.3 is 12.1 Å². The number of carbonyl (C=O) groups excluding carboxylic acids is 2. The molecule has 8 nitrogen and oxygen atoms in total. The Hall–Kier alpha value is -1.86. The van der Waals surface area contributed by atoms with Crippen LogP contribution >= 0.6 is 0 Å². The van der Waals surface area contributed by atoms with Crippen LogP contribution in [-0.2, 0) is 14.3 Å². The zero-order chi connectivity index (χ0) is 15.1. The summed E-state index contributed by atoms with van der Waals surface area (Å²) in [5.74, 6) is -0.643. The third-order valence-corrected chi connectivity index (χ3v) is 2.01. The Kier molecular flexibility index (Phi) is 6.81. The highest BCUT2D eigenvalue weighted by Gasteiger charge is 2.25.